The van der Waals surface area contributed by atoms with Crippen LogP contribution in [0, 0.1) is 11.3 Å². The van der Waals surface area contributed by atoms with E-state index in [0.29, 0.717) is 17.8 Å². The normalized spacial score (nSPS) is 29.1. The van der Waals surface area contributed by atoms with Crippen molar-refractivity contribution in [2.45, 2.75) is 43.7 Å². The molecule has 2 atom stereocenters. The molecule has 2 aliphatic rings. The Morgan fingerprint density at radius 3 is 2.71 bits per heavy atom. The van der Waals surface area contributed by atoms with Gasteiger partial charge in [0.15, 0.2) is 0 Å². The van der Waals surface area contributed by atoms with Crippen LogP contribution in [0.25, 0.3) is 0 Å². The monoisotopic (exact) mass is 286 g/mol. The van der Waals surface area contributed by atoms with Crippen LogP contribution >= 0.6 is 0 Å². The first-order chi connectivity index (χ1) is 10.1. The van der Waals surface area contributed by atoms with Gasteiger partial charge in [-0.3, -0.25) is 9.88 Å². The smallest absolute Gasteiger partial charge is 0.102 e. The molecule has 0 aromatic carbocycles. The van der Waals surface area contributed by atoms with Crippen LogP contribution in [0.3, 0.4) is 0 Å². The van der Waals surface area contributed by atoms with Gasteiger partial charge in [-0.2, -0.15) is 5.26 Å². The molecular weight excluding hydrogens is 264 g/mol. The highest BCUT2D eigenvalue weighted by atomic mass is 16.5. The average Bonchev–Trinajstić information content (AvgIpc) is 2.94. The second-order valence-electron chi connectivity index (χ2n) is 6.14. The highest BCUT2D eigenvalue weighted by molar-refractivity contribution is 5.38. The van der Waals surface area contributed by atoms with Gasteiger partial charge in [0.2, 0.25) is 0 Å². The molecule has 3 heterocycles. The van der Waals surface area contributed by atoms with Crippen LogP contribution in [-0.4, -0.2) is 41.7 Å². The zero-order valence-corrected chi connectivity index (χ0v) is 12.5. The third-order valence-electron chi connectivity index (χ3n) is 4.95. The van der Waals surface area contributed by atoms with Gasteiger partial charge < -0.3 is 10.5 Å². The van der Waals surface area contributed by atoms with Gasteiger partial charge in [-0.1, -0.05) is 0 Å². The lowest BCUT2D eigenvalue weighted by Crippen LogP contribution is -2.48. The number of likely N-dealkylation sites (tertiary alicyclic amines) is 1. The van der Waals surface area contributed by atoms with Crippen molar-refractivity contribution in [2.24, 2.45) is 0 Å². The predicted octanol–water partition coefficient (Wildman–Crippen LogP) is 1.70. The molecule has 0 aliphatic carbocycles. The molecule has 0 unspecified atom stereocenters. The van der Waals surface area contributed by atoms with E-state index < -0.39 is 5.41 Å². The van der Waals surface area contributed by atoms with Gasteiger partial charge in [0.1, 0.15) is 5.41 Å². The number of nitrogen functional groups attached to an aromatic ring is 1. The summed E-state index contributed by atoms with van der Waals surface area (Å²) in [6, 6.07) is 6.75. The van der Waals surface area contributed by atoms with Crippen molar-refractivity contribution in [2.75, 3.05) is 25.4 Å². The maximum atomic E-state index is 9.70. The minimum atomic E-state index is -0.465. The lowest BCUT2D eigenvalue weighted by Gasteiger charge is -2.40. The van der Waals surface area contributed by atoms with Crippen LogP contribution in [-0.2, 0) is 10.2 Å². The van der Waals surface area contributed by atoms with E-state index >= 15 is 0 Å². The van der Waals surface area contributed by atoms with E-state index in [2.05, 4.69) is 22.9 Å². The maximum Gasteiger partial charge on any atom is 0.102 e. The first-order valence-corrected chi connectivity index (χ1v) is 7.63. The molecule has 21 heavy (non-hydrogen) atoms. The van der Waals surface area contributed by atoms with Gasteiger partial charge in [-0.05, 0) is 38.3 Å². The summed E-state index contributed by atoms with van der Waals surface area (Å²) in [6.07, 6.45) is 4.69. The molecule has 0 radical (unpaired) electrons. The van der Waals surface area contributed by atoms with E-state index in [1.54, 1.807) is 6.20 Å². The number of anilines is 1. The number of rotatable bonds is 2. The van der Waals surface area contributed by atoms with Crippen LogP contribution in [0.5, 0.6) is 0 Å². The maximum absolute atomic E-state index is 9.70. The third-order valence-corrected chi connectivity index (χ3v) is 4.95. The molecule has 0 amide bonds. The number of piperidine rings is 1. The zero-order valence-electron chi connectivity index (χ0n) is 12.5. The Morgan fingerprint density at radius 2 is 2.19 bits per heavy atom. The first kappa shape index (κ1) is 14.3. The SMILES string of the molecule is C[C@H]1OCC[C@H]1N1CCC(C#N)(c2ccc(N)cn2)CC1. The molecule has 2 fully saturated rings. The van der Waals surface area contributed by atoms with Gasteiger partial charge in [-0.25, -0.2) is 0 Å². The molecule has 5 heteroatoms. The summed E-state index contributed by atoms with van der Waals surface area (Å²) in [4.78, 5) is 6.87. The van der Waals surface area contributed by atoms with Gasteiger partial charge >= 0.3 is 0 Å². The minimum absolute atomic E-state index is 0.300. The Bertz CT molecular complexity index is 528. The molecule has 3 rings (SSSR count). The Labute approximate surface area is 125 Å². The number of hydrogen-bond donors (Lipinski definition) is 1. The predicted molar refractivity (Wildman–Crippen MR) is 80.6 cm³/mol. The minimum Gasteiger partial charge on any atom is -0.397 e. The fourth-order valence-electron chi connectivity index (χ4n) is 3.55. The number of hydrogen-bond acceptors (Lipinski definition) is 5. The van der Waals surface area contributed by atoms with E-state index in [0.717, 1.165) is 44.7 Å². The molecule has 0 saturated carbocycles. The number of pyridine rings is 1. The number of nitriles is 1. The van der Waals surface area contributed by atoms with Crippen molar-refractivity contribution in [3.63, 3.8) is 0 Å². The second kappa shape index (κ2) is 5.63. The zero-order chi connectivity index (χ0) is 14.9. The van der Waals surface area contributed by atoms with E-state index in [1.807, 2.05) is 12.1 Å². The molecule has 5 nitrogen and oxygen atoms in total. The van der Waals surface area contributed by atoms with Crippen LogP contribution < -0.4 is 5.73 Å². The van der Waals surface area contributed by atoms with Crippen LogP contribution in [0.15, 0.2) is 18.3 Å². The summed E-state index contributed by atoms with van der Waals surface area (Å²) in [7, 11) is 0. The van der Waals surface area contributed by atoms with E-state index in [1.165, 1.54) is 0 Å². The number of nitrogens with two attached hydrogens (primary N) is 1. The highest BCUT2D eigenvalue weighted by Gasteiger charge is 2.41. The second-order valence-corrected chi connectivity index (χ2v) is 6.14. The van der Waals surface area contributed by atoms with Crippen molar-refractivity contribution >= 4 is 5.69 Å². The number of ether oxygens (including phenoxy) is 1. The van der Waals surface area contributed by atoms with E-state index in [-0.39, 0.29) is 0 Å². The third kappa shape index (κ3) is 2.61. The Kier molecular flexibility index (Phi) is 3.83. The fraction of sp³-hybridized carbons (Fsp3) is 0.625. The van der Waals surface area contributed by atoms with Gasteiger partial charge in [-0.15, -0.1) is 0 Å². The van der Waals surface area contributed by atoms with Crippen molar-refractivity contribution in [1.82, 2.24) is 9.88 Å². The first-order valence-electron chi connectivity index (χ1n) is 7.63. The van der Waals surface area contributed by atoms with E-state index in [9.17, 15) is 5.26 Å². The molecule has 2 saturated heterocycles. The lowest BCUT2D eigenvalue weighted by atomic mass is 9.76. The highest BCUT2D eigenvalue weighted by Crippen LogP contribution is 2.36. The van der Waals surface area contributed by atoms with Crippen molar-refractivity contribution in [1.29, 1.82) is 5.26 Å². The van der Waals surface area contributed by atoms with Gasteiger partial charge in [0, 0.05) is 25.7 Å². The molecule has 2 N–H and O–H groups in total. The molecule has 1 aromatic rings. The summed E-state index contributed by atoms with van der Waals surface area (Å²) in [6.45, 7) is 4.85. The quantitative estimate of drug-likeness (QED) is 0.895. The standard InChI is InChI=1S/C16H22N4O/c1-12-14(4-9-21-12)20-7-5-16(11-17,6-8-20)15-3-2-13(18)10-19-15/h2-3,10,12,14H,4-9,18H2,1H3/t12-,14-/m1/s1. The fourth-order valence-corrected chi connectivity index (χ4v) is 3.55. The van der Waals surface area contributed by atoms with Crippen LogP contribution in [0.1, 0.15) is 31.9 Å². The molecule has 0 bridgehead atoms. The van der Waals surface area contributed by atoms with Crippen molar-refractivity contribution < 1.29 is 4.74 Å². The molecule has 1 aromatic heterocycles. The van der Waals surface area contributed by atoms with Gasteiger partial charge in [0.05, 0.1) is 29.8 Å². The number of nitrogens with zero attached hydrogens (tertiary/aromatic N) is 3. The summed E-state index contributed by atoms with van der Waals surface area (Å²) in [5, 5.41) is 9.70. The van der Waals surface area contributed by atoms with Crippen molar-refractivity contribution in [3.8, 4) is 6.07 Å². The van der Waals surface area contributed by atoms with Gasteiger partial charge in [0.25, 0.3) is 0 Å². The summed E-state index contributed by atoms with van der Waals surface area (Å²) in [5.74, 6) is 0. The summed E-state index contributed by atoms with van der Waals surface area (Å²) in [5.41, 5.74) is 6.72. The topological polar surface area (TPSA) is 75.2 Å². The number of aromatic nitrogens is 1. The molecule has 112 valence electrons. The Hall–Kier alpha value is -1.64. The summed E-state index contributed by atoms with van der Waals surface area (Å²) < 4.78 is 5.66. The molecular formula is C16H22N4O. The lowest BCUT2D eigenvalue weighted by molar-refractivity contribution is 0.0570. The van der Waals surface area contributed by atoms with Crippen LogP contribution in [0.4, 0.5) is 5.69 Å². The molecule has 0 spiro atoms. The van der Waals surface area contributed by atoms with Crippen molar-refractivity contribution in [3.05, 3.63) is 24.0 Å². The van der Waals surface area contributed by atoms with Crippen LogP contribution in [0.2, 0.25) is 0 Å². The largest absolute Gasteiger partial charge is 0.397 e. The molecule has 2 aliphatic heterocycles. The summed E-state index contributed by atoms with van der Waals surface area (Å²) >= 11 is 0. The Morgan fingerprint density at radius 1 is 1.43 bits per heavy atom. The average molecular weight is 286 g/mol. The van der Waals surface area contributed by atoms with E-state index in [4.69, 9.17) is 10.5 Å². The Balaban J connectivity index is 1.73.